The van der Waals surface area contributed by atoms with E-state index in [1.54, 1.807) is 6.20 Å². The molecule has 4 nitrogen and oxygen atoms in total. The molecule has 1 aromatic rings. The van der Waals surface area contributed by atoms with E-state index in [1.165, 1.54) is 0 Å². The van der Waals surface area contributed by atoms with Crippen molar-refractivity contribution in [2.24, 2.45) is 0 Å². The Morgan fingerprint density at radius 2 is 2.60 bits per heavy atom. The van der Waals surface area contributed by atoms with Crippen molar-refractivity contribution in [3.05, 3.63) is 29.6 Å². The fourth-order valence-electron chi connectivity index (χ4n) is 1.72. The van der Waals surface area contributed by atoms with Crippen molar-refractivity contribution in [2.75, 3.05) is 6.61 Å². The molecule has 0 unspecified atom stereocenters. The van der Waals surface area contributed by atoms with Crippen LogP contribution >= 0.6 is 0 Å². The van der Waals surface area contributed by atoms with Crippen LogP contribution < -0.4 is 5.32 Å². The highest BCUT2D eigenvalue weighted by atomic mass is 16.5. The molecular weight excluding hydrogens is 192 g/mol. The van der Waals surface area contributed by atoms with Crippen molar-refractivity contribution in [3.8, 4) is 0 Å². The van der Waals surface area contributed by atoms with Gasteiger partial charge in [-0.3, -0.25) is 15.1 Å². The van der Waals surface area contributed by atoms with E-state index in [1.807, 2.05) is 19.1 Å². The van der Waals surface area contributed by atoms with Crippen LogP contribution in [0.2, 0.25) is 0 Å². The zero-order chi connectivity index (χ0) is 10.7. The second-order valence-electron chi connectivity index (χ2n) is 3.50. The number of carbonyl (C=O) groups excluding carboxylic acids is 1. The molecule has 0 aromatic carbocycles. The zero-order valence-corrected chi connectivity index (χ0v) is 8.69. The summed E-state index contributed by atoms with van der Waals surface area (Å²) in [6.45, 7) is 2.92. The topological polar surface area (TPSA) is 51.2 Å². The highest BCUT2D eigenvalue weighted by Gasteiger charge is 2.25. The highest BCUT2D eigenvalue weighted by molar-refractivity contribution is 5.76. The standard InChI is InChI=1S/C11H14N2O2/c1-2-15-11(14)10-6-9-8(7-13-10)4-3-5-12-9/h3-5,10,13H,2,6-7H2,1H3/t10-/m1/s1. The highest BCUT2D eigenvalue weighted by Crippen LogP contribution is 2.14. The Balaban J connectivity index is 2.08. The van der Waals surface area contributed by atoms with Gasteiger partial charge < -0.3 is 4.74 Å². The smallest absolute Gasteiger partial charge is 0.323 e. The van der Waals surface area contributed by atoms with Crippen molar-refractivity contribution in [1.29, 1.82) is 0 Å². The van der Waals surface area contributed by atoms with Crippen LogP contribution in [0.3, 0.4) is 0 Å². The number of fused-ring (bicyclic) bond motifs is 1. The number of hydrogen-bond acceptors (Lipinski definition) is 4. The van der Waals surface area contributed by atoms with E-state index in [9.17, 15) is 4.79 Å². The number of nitrogens with one attached hydrogen (secondary N) is 1. The average molecular weight is 206 g/mol. The van der Waals surface area contributed by atoms with Crippen LogP contribution in [-0.2, 0) is 22.5 Å². The molecule has 0 bridgehead atoms. The van der Waals surface area contributed by atoms with Crippen LogP contribution in [0.15, 0.2) is 18.3 Å². The molecular formula is C11H14N2O2. The number of pyridine rings is 1. The maximum absolute atomic E-state index is 11.5. The Hall–Kier alpha value is -1.42. The first-order chi connectivity index (χ1) is 7.31. The molecule has 0 amide bonds. The average Bonchev–Trinajstić information content (AvgIpc) is 2.29. The Morgan fingerprint density at radius 1 is 1.73 bits per heavy atom. The van der Waals surface area contributed by atoms with E-state index in [0.717, 1.165) is 11.3 Å². The van der Waals surface area contributed by atoms with Crippen LogP contribution in [0, 0.1) is 0 Å². The number of ether oxygens (including phenoxy) is 1. The van der Waals surface area contributed by atoms with Crippen LogP contribution in [0.25, 0.3) is 0 Å². The van der Waals surface area contributed by atoms with Gasteiger partial charge in [0.05, 0.1) is 6.61 Å². The van der Waals surface area contributed by atoms with Gasteiger partial charge in [0.1, 0.15) is 6.04 Å². The van der Waals surface area contributed by atoms with E-state index in [4.69, 9.17) is 4.74 Å². The van der Waals surface area contributed by atoms with Gasteiger partial charge in [-0.2, -0.15) is 0 Å². The summed E-state index contributed by atoms with van der Waals surface area (Å²) in [4.78, 5) is 15.8. The van der Waals surface area contributed by atoms with Crippen LogP contribution in [0.1, 0.15) is 18.2 Å². The van der Waals surface area contributed by atoms with Crippen molar-refractivity contribution >= 4 is 5.97 Å². The lowest BCUT2D eigenvalue weighted by molar-refractivity contribution is -0.145. The quantitative estimate of drug-likeness (QED) is 0.722. The Bertz CT molecular complexity index is 365. The van der Waals surface area contributed by atoms with Crippen molar-refractivity contribution < 1.29 is 9.53 Å². The minimum atomic E-state index is -0.243. The number of hydrogen-bond donors (Lipinski definition) is 1. The number of rotatable bonds is 2. The van der Waals surface area contributed by atoms with Crippen LogP contribution in [0.5, 0.6) is 0 Å². The van der Waals surface area contributed by atoms with Gasteiger partial charge in [-0.1, -0.05) is 6.07 Å². The summed E-state index contributed by atoms with van der Waals surface area (Å²) in [6, 6.07) is 3.69. The van der Waals surface area contributed by atoms with Gasteiger partial charge in [-0.25, -0.2) is 0 Å². The summed E-state index contributed by atoms with van der Waals surface area (Å²) in [5.41, 5.74) is 2.16. The molecule has 0 saturated heterocycles. The monoisotopic (exact) mass is 206 g/mol. The zero-order valence-electron chi connectivity index (χ0n) is 8.69. The lowest BCUT2D eigenvalue weighted by atomic mass is 10.0. The molecule has 1 N–H and O–H groups in total. The van der Waals surface area contributed by atoms with Gasteiger partial charge in [0, 0.05) is 24.9 Å². The molecule has 0 spiro atoms. The lowest BCUT2D eigenvalue weighted by Crippen LogP contribution is -2.43. The van der Waals surface area contributed by atoms with Gasteiger partial charge >= 0.3 is 5.97 Å². The van der Waals surface area contributed by atoms with Gasteiger partial charge in [-0.05, 0) is 18.6 Å². The lowest BCUT2D eigenvalue weighted by Gasteiger charge is -2.23. The third-order valence-electron chi connectivity index (χ3n) is 2.49. The molecule has 80 valence electrons. The number of esters is 1. The van der Waals surface area contributed by atoms with E-state index < -0.39 is 0 Å². The van der Waals surface area contributed by atoms with E-state index >= 15 is 0 Å². The summed E-state index contributed by atoms with van der Waals surface area (Å²) in [7, 11) is 0. The number of nitrogens with zero attached hydrogens (tertiary/aromatic N) is 1. The molecule has 1 aliphatic rings. The largest absolute Gasteiger partial charge is 0.465 e. The Morgan fingerprint density at radius 3 is 3.40 bits per heavy atom. The summed E-state index contributed by atoms with van der Waals surface area (Å²) >= 11 is 0. The third kappa shape index (κ3) is 2.15. The molecule has 15 heavy (non-hydrogen) atoms. The van der Waals surface area contributed by atoms with E-state index in [2.05, 4.69) is 10.3 Å². The third-order valence-corrected chi connectivity index (χ3v) is 2.49. The molecule has 0 radical (unpaired) electrons. The molecule has 1 aliphatic heterocycles. The molecule has 2 heterocycles. The van der Waals surface area contributed by atoms with Crippen molar-refractivity contribution in [1.82, 2.24) is 10.3 Å². The summed E-state index contributed by atoms with van der Waals surface area (Å²) < 4.78 is 4.97. The maximum atomic E-state index is 11.5. The SMILES string of the molecule is CCOC(=O)[C@H]1Cc2ncccc2CN1. The van der Waals surface area contributed by atoms with Gasteiger partial charge in [-0.15, -0.1) is 0 Å². The summed E-state index contributed by atoms with van der Waals surface area (Å²) in [5, 5.41) is 3.15. The van der Waals surface area contributed by atoms with E-state index in [0.29, 0.717) is 19.6 Å². The Labute approximate surface area is 88.7 Å². The van der Waals surface area contributed by atoms with E-state index in [-0.39, 0.29) is 12.0 Å². The Kier molecular flexibility index (Phi) is 2.97. The van der Waals surface area contributed by atoms with Crippen molar-refractivity contribution in [3.63, 3.8) is 0 Å². The van der Waals surface area contributed by atoms with Crippen LogP contribution in [0.4, 0.5) is 0 Å². The maximum Gasteiger partial charge on any atom is 0.323 e. The molecule has 4 heteroatoms. The minimum Gasteiger partial charge on any atom is -0.465 e. The molecule has 2 rings (SSSR count). The predicted octanol–water partition coefficient (Wildman–Crippen LogP) is 0.659. The fraction of sp³-hybridized carbons (Fsp3) is 0.455. The molecule has 0 fully saturated rings. The first-order valence-corrected chi connectivity index (χ1v) is 5.14. The first kappa shape index (κ1) is 10.1. The minimum absolute atomic E-state index is 0.186. The van der Waals surface area contributed by atoms with Gasteiger partial charge in [0.25, 0.3) is 0 Å². The van der Waals surface area contributed by atoms with Gasteiger partial charge in [0.15, 0.2) is 0 Å². The normalized spacial score (nSPS) is 19.4. The first-order valence-electron chi connectivity index (χ1n) is 5.14. The van der Waals surface area contributed by atoms with Gasteiger partial charge in [0.2, 0.25) is 0 Å². The second kappa shape index (κ2) is 4.40. The molecule has 1 aromatic heterocycles. The number of aromatic nitrogens is 1. The summed E-state index contributed by atoms with van der Waals surface area (Å²) in [6.07, 6.45) is 2.38. The predicted molar refractivity (Wildman–Crippen MR) is 55.2 cm³/mol. The molecule has 1 atom stereocenters. The fourth-order valence-corrected chi connectivity index (χ4v) is 1.72. The number of carbonyl (C=O) groups is 1. The second-order valence-corrected chi connectivity index (χ2v) is 3.50. The van der Waals surface area contributed by atoms with Crippen molar-refractivity contribution in [2.45, 2.75) is 25.9 Å². The molecule has 0 aliphatic carbocycles. The molecule has 0 saturated carbocycles. The summed E-state index contributed by atoms with van der Waals surface area (Å²) in [5.74, 6) is -0.186. The van der Waals surface area contributed by atoms with Crippen LogP contribution in [-0.4, -0.2) is 23.6 Å².